The molecule has 0 bridgehead atoms. The predicted octanol–water partition coefficient (Wildman–Crippen LogP) is -3.65. The first-order chi connectivity index (χ1) is 37.6. The molecule has 40 nitrogen and oxygen atoms in total. The maximum Gasteiger partial charge on any atom is 0.490 e. The van der Waals surface area contributed by atoms with Crippen LogP contribution < -0.4 is 32.9 Å². The Balaban J connectivity index is 0.882. The van der Waals surface area contributed by atoms with Gasteiger partial charge in [-0.2, -0.15) is 13.6 Å². The standard InChI is InChI=1S/C36H51N15O25P4/c1-13(22-24(67-6-5-65-3)21(54)33(72-22)51-12-48(2)18-29(51)45-36(39)47-31(18)56)73-79(61,62)76-80(63,64)75-78(59,60)69-8-15-23(25(66-4)34(71-15)49-10-42-16-26(37)40-9-41-27(16)49)74-77(57,58)68-7-14-19(52)20(53)32(70-14)50-11-43-17-28(50)44-35(38)46-30(17)55/h9-15,19-25,32-34,52-54H,5-8H2,1-4H3,(H11-,37,38,39,40,41,44,45,46,47,55,56,57,58,59,60,61,62,63,64)/p+1/t13-,14-,15-,19?,20+,21+,22-,23?,24?,25+,32-,33-,34-/m1/s1. The molecule has 7 unspecified atom stereocenters. The van der Waals surface area contributed by atoms with Gasteiger partial charge < -0.3 is 80.5 Å². The van der Waals surface area contributed by atoms with Crippen molar-refractivity contribution in [1.29, 1.82) is 0 Å². The minimum absolute atomic E-state index is 0.00864. The van der Waals surface area contributed by atoms with Gasteiger partial charge in [0.05, 0.1) is 52.2 Å². The van der Waals surface area contributed by atoms with Crippen LogP contribution in [0.25, 0.3) is 33.5 Å². The van der Waals surface area contributed by atoms with Gasteiger partial charge >= 0.3 is 36.9 Å². The van der Waals surface area contributed by atoms with E-state index in [1.807, 2.05) is 0 Å². The average Bonchev–Trinajstić information content (AvgIpc) is 4.24. The van der Waals surface area contributed by atoms with E-state index in [1.165, 1.54) is 34.2 Å². The number of nitrogen functional groups attached to an aromatic ring is 3. The average molecular weight is 1220 g/mol. The zero-order chi connectivity index (χ0) is 58.0. The minimum Gasteiger partial charge on any atom is -0.387 e. The van der Waals surface area contributed by atoms with E-state index in [4.69, 9.17) is 63.7 Å². The van der Waals surface area contributed by atoms with Crippen LogP contribution in [-0.2, 0) is 80.4 Å². The molecule has 440 valence electrons. The quantitative estimate of drug-likeness (QED) is 0.0167. The molecule has 0 spiro atoms. The number of fused-ring (bicyclic) bond motifs is 3. The van der Waals surface area contributed by atoms with Crippen molar-refractivity contribution in [2.75, 3.05) is 57.8 Å². The maximum absolute atomic E-state index is 13.8. The Labute approximate surface area is 445 Å². The van der Waals surface area contributed by atoms with Crippen molar-refractivity contribution in [3.63, 3.8) is 0 Å². The van der Waals surface area contributed by atoms with Gasteiger partial charge in [0.15, 0.2) is 41.4 Å². The number of H-pyrrole nitrogens is 2. The molecule has 0 amide bonds. The number of hydrogen-bond donors (Lipinski definition) is 12. The van der Waals surface area contributed by atoms with E-state index < -0.39 is 135 Å². The van der Waals surface area contributed by atoms with Crippen molar-refractivity contribution >= 4 is 82.5 Å². The molecule has 6 aromatic rings. The first-order valence-corrected chi connectivity index (χ1v) is 29.0. The summed E-state index contributed by atoms with van der Waals surface area (Å²) in [6, 6.07) is 0. The monoisotopic (exact) mass is 1220 g/mol. The Morgan fingerprint density at radius 2 is 1.36 bits per heavy atom. The largest absolute Gasteiger partial charge is 0.490 e. The second-order valence-corrected chi connectivity index (χ2v) is 23.7. The highest BCUT2D eigenvalue weighted by Gasteiger charge is 2.55. The number of aliphatic hydroxyl groups excluding tert-OH is 3. The summed E-state index contributed by atoms with van der Waals surface area (Å²) in [5.41, 5.74) is 15.7. The number of aryl methyl sites for hydroxylation is 1. The van der Waals surface area contributed by atoms with E-state index in [-0.39, 0.29) is 64.4 Å². The summed E-state index contributed by atoms with van der Waals surface area (Å²) < 4.78 is 122. The number of aromatic nitrogens is 12. The molecular weight excluding hydrogens is 1170 g/mol. The summed E-state index contributed by atoms with van der Waals surface area (Å²) in [5.74, 6) is -0.688. The third-order valence-corrected chi connectivity index (χ3v) is 17.8. The molecule has 3 saturated heterocycles. The summed E-state index contributed by atoms with van der Waals surface area (Å²) in [5, 5.41) is 33.3. The number of ether oxygens (including phenoxy) is 6. The number of anilines is 3. The van der Waals surface area contributed by atoms with E-state index in [1.54, 1.807) is 0 Å². The van der Waals surface area contributed by atoms with Crippen molar-refractivity contribution in [3.8, 4) is 0 Å². The molecule has 15 N–H and O–H groups in total. The van der Waals surface area contributed by atoms with Gasteiger partial charge in [0.2, 0.25) is 17.7 Å². The fraction of sp³-hybridized carbons (Fsp3) is 0.583. The Bertz CT molecular complexity index is 3590. The van der Waals surface area contributed by atoms with E-state index in [9.17, 15) is 62.7 Å². The SMILES string of the molecule is COCCOC1[C@H](O)[C@H]([n+]2cn(C)c3c(=O)[nH]c(N)nc32)O[C@@H]1[C@@H](C)OP(=O)(O)OP(=O)(O)OP(=O)(O)OC[C@H]1O[C@@H](n2cnc3c(N)ncnc32)[C@@H](OC)C1OP(=O)(O)OC[C@H]1O[C@@H](n2cnc3c(=O)[nH]c(N)nc32)[C@@H](O)C1O. The van der Waals surface area contributed by atoms with Gasteiger partial charge in [-0.25, -0.2) is 42.8 Å². The number of nitrogens with one attached hydrogen (secondary N) is 2. The highest BCUT2D eigenvalue weighted by atomic mass is 31.3. The van der Waals surface area contributed by atoms with Gasteiger partial charge in [-0.1, -0.05) is 4.98 Å². The molecular formula is C36H52N15O25P4+. The van der Waals surface area contributed by atoms with Gasteiger partial charge in [-0.05, 0) is 6.92 Å². The van der Waals surface area contributed by atoms with Crippen LogP contribution in [0.1, 0.15) is 25.6 Å². The van der Waals surface area contributed by atoms with Crippen LogP contribution in [0.2, 0.25) is 0 Å². The molecule has 17 atom stereocenters. The molecule has 0 aromatic carbocycles. The van der Waals surface area contributed by atoms with Gasteiger partial charge in [0.1, 0.15) is 66.8 Å². The lowest BCUT2D eigenvalue weighted by molar-refractivity contribution is -0.746. The Morgan fingerprint density at radius 3 is 2.08 bits per heavy atom. The second kappa shape index (κ2) is 22.9. The predicted molar refractivity (Wildman–Crippen MR) is 259 cm³/mol. The van der Waals surface area contributed by atoms with Crippen molar-refractivity contribution in [2.24, 2.45) is 7.05 Å². The molecule has 3 aliphatic rings. The summed E-state index contributed by atoms with van der Waals surface area (Å²) in [6.45, 7) is -1.32. The van der Waals surface area contributed by atoms with Crippen LogP contribution >= 0.6 is 31.3 Å². The molecule has 3 fully saturated rings. The van der Waals surface area contributed by atoms with E-state index in [0.717, 1.165) is 37.6 Å². The molecule has 9 rings (SSSR count). The molecule has 3 aliphatic heterocycles. The Kier molecular flexibility index (Phi) is 17.0. The normalized spacial score (nSPS) is 29.7. The van der Waals surface area contributed by atoms with Crippen LogP contribution in [0.15, 0.2) is 34.9 Å². The number of methoxy groups -OCH3 is 2. The minimum atomic E-state index is -6.24. The van der Waals surface area contributed by atoms with Crippen LogP contribution in [0.5, 0.6) is 0 Å². The summed E-state index contributed by atoms with van der Waals surface area (Å²) in [7, 11) is -19.7. The number of imidazole rings is 3. The number of nitrogens with zero attached hydrogens (tertiary/aromatic N) is 10. The number of hydrogen-bond acceptors (Lipinski definition) is 30. The highest BCUT2D eigenvalue weighted by molar-refractivity contribution is 7.66. The smallest absolute Gasteiger partial charge is 0.387 e. The number of rotatable bonds is 23. The lowest BCUT2D eigenvalue weighted by Gasteiger charge is -2.27. The molecule has 0 saturated carbocycles. The van der Waals surface area contributed by atoms with E-state index in [0.29, 0.717) is 0 Å². The van der Waals surface area contributed by atoms with E-state index in [2.05, 4.69) is 48.5 Å². The molecule has 6 aromatic heterocycles. The van der Waals surface area contributed by atoms with Crippen LogP contribution in [0.4, 0.5) is 17.7 Å². The first-order valence-electron chi connectivity index (χ1n) is 23.1. The fourth-order valence-corrected chi connectivity index (χ4v) is 13.7. The van der Waals surface area contributed by atoms with Crippen molar-refractivity contribution < 1.29 is 113 Å². The van der Waals surface area contributed by atoms with Crippen LogP contribution in [-0.4, -0.2) is 190 Å². The lowest BCUT2D eigenvalue weighted by atomic mass is 10.1. The van der Waals surface area contributed by atoms with Gasteiger partial charge in [0, 0.05) is 14.2 Å². The number of nitrogens with two attached hydrogens (primary N) is 3. The van der Waals surface area contributed by atoms with Gasteiger partial charge in [-0.3, -0.25) is 51.4 Å². The van der Waals surface area contributed by atoms with Crippen LogP contribution in [0.3, 0.4) is 0 Å². The number of phosphoric ester groups is 3. The fourth-order valence-electron chi connectivity index (χ4n) is 9.03. The molecule has 0 aliphatic carbocycles. The second-order valence-electron chi connectivity index (χ2n) is 17.7. The molecule has 80 heavy (non-hydrogen) atoms. The number of phosphoric acid groups is 4. The molecule has 9 heterocycles. The van der Waals surface area contributed by atoms with Crippen molar-refractivity contribution in [1.82, 2.24) is 53.6 Å². The zero-order valence-corrected chi connectivity index (χ0v) is 45.2. The summed E-state index contributed by atoms with van der Waals surface area (Å²) in [6.07, 6.45) is -16.6. The van der Waals surface area contributed by atoms with Gasteiger partial charge in [0.25, 0.3) is 17.1 Å². The number of aliphatic hydroxyl groups is 3. The third kappa shape index (κ3) is 12.1. The summed E-state index contributed by atoms with van der Waals surface area (Å²) >= 11 is 0. The van der Waals surface area contributed by atoms with Crippen molar-refractivity contribution in [3.05, 3.63) is 46.0 Å². The zero-order valence-electron chi connectivity index (χ0n) is 41.6. The third-order valence-electron chi connectivity index (χ3n) is 12.4. The maximum atomic E-state index is 13.8. The molecule has 0 radical (unpaired) electrons. The van der Waals surface area contributed by atoms with Gasteiger partial charge in [-0.15, -0.1) is 0 Å². The Hall–Kier alpha value is -5.19. The lowest BCUT2D eigenvalue weighted by Crippen LogP contribution is -2.46. The molecule has 44 heteroatoms. The highest BCUT2D eigenvalue weighted by Crippen LogP contribution is 2.68. The topological polar surface area (TPSA) is 560 Å². The first kappa shape index (κ1) is 59.4. The Morgan fingerprint density at radius 1 is 0.725 bits per heavy atom. The summed E-state index contributed by atoms with van der Waals surface area (Å²) in [4.78, 5) is 97.0. The van der Waals surface area contributed by atoms with Crippen molar-refractivity contribution in [2.45, 2.75) is 86.6 Å². The van der Waals surface area contributed by atoms with E-state index >= 15 is 0 Å². The number of aromatic amines is 2. The van der Waals surface area contributed by atoms with Crippen LogP contribution in [0, 0.1) is 0 Å².